The molecule has 22 heavy (non-hydrogen) atoms. The third-order valence-electron chi connectivity index (χ3n) is 3.68. The first-order valence-electron chi connectivity index (χ1n) is 6.95. The van der Waals surface area contributed by atoms with Gasteiger partial charge in [-0.2, -0.15) is 0 Å². The lowest BCUT2D eigenvalue weighted by Gasteiger charge is -2.15. The number of hydrogen-bond acceptors (Lipinski definition) is 3. The van der Waals surface area contributed by atoms with E-state index in [9.17, 15) is 9.18 Å². The van der Waals surface area contributed by atoms with Crippen LogP contribution in [0.1, 0.15) is 5.56 Å². The number of ether oxygens (including phenoxy) is 1. The van der Waals surface area contributed by atoms with Gasteiger partial charge >= 0.3 is 6.09 Å². The summed E-state index contributed by atoms with van der Waals surface area (Å²) in [6.45, 7) is 3.77. The first-order valence-corrected chi connectivity index (χ1v) is 7.33. The van der Waals surface area contributed by atoms with Crippen LogP contribution in [-0.4, -0.2) is 40.2 Å². The van der Waals surface area contributed by atoms with Gasteiger partial charge in [0.15, 0.2) is 0 Å². The highest BCUT2D eigenvalue weighted by Gasteiger charge is 2.22. The fourth-order valence-electron chi connectivity index (χ4n) is 2.44. The third-order valence-corrected chi connectivity index (χ3v) is 4.17. The predicted octanol–water partition coefficient (Wildman–Crippen LogP) is 3.10. The summed E-state index contributed by atoms with van der Waals surface area (Å²) in [6.07, 6.45) is 3.02. The van der Waals surface area contributed by atoms with E-state index in [0.29, 0.717) is 37.1 Å². The summed E-state index contributed by atoms with van der Waals surface area (Å²) < 4.78 is 20.8. The molecule has 0 aliphatic carbocycles. The van der Waals surface area contributed by atoms with Crippen LogP contribution in [0.25, 0.3) is 11.4 Å². The molecule has 0 spiro atoms. The lowest BCUT2D eigenvalue weighted by molar-refractivity contribution is 0.157. The van der Waals surface area contributed by atoms with Crippen molar-refractivity contribution < 1.29 is 13.9 Å². The number of cyclic esters (lactones) is 1. The zero-order valence-electron chi connectivity index (χ0n) is 12.1. The number of aromatic nitrogens is 2. The van der Waals surface area contributed by atoms with Gasteiger partial charge in [0.2, 0.25) is 0 Å². The molecule has 0 unspecified atom stereocenters. The maximum atomic E-state index is 14.2. The van der Waals surface area contributed by atoms with Crippen molar-refractivity contribution in [2.75, 3.05) is 19.7 Å². The van der Waals surface area contributed by atoms with Gasteiger partial charge in [-0.1, -0.05) is 17.7 Å². The van der Waals surface area contributed by atoms with Gasteiger partial charge in [-0.05, 0) is 18.6 Å². The van der Waals surface area contributed by atoms with Crippen LogP contribution >= 0.6 is 11.6 Å². The van der Waals surface area contributed by atoms with E-state index in [1.807, 2.05) is 6.92 Å². The van der Waals surface area contributed by atoms with Gasteiger partial charge < -0.3 is 14.2 Å². The maximum absolute atomic E-state index is 14.2. The van der Waals surface area contributed by atoms with Crippen LogP contribution in [0, 0.1) is 12.7 Å². The number of amides is 1. The van der Waals surface area contributed by atoms with Crippen molar-refractivity contribution in [1.82, 2.24) is 14.5 Å². The van der Waals surface area contributed by atoms with Gasteiger partial charge in [0.05, 0.1) is 17.1 Å². The summed E-state index contributed by atoms with van der Waals surface area (Å²) in [5, 5.41) is 0.355. The van der Waals surface area contributed by atoms with Crippen LogP contribution in [0.2, 0.25) is 5.02 Å². The molecule has 0 N–H and O–H groups in total. The second-order valence-corrected chi connectivity index (χ2v) is 5.48. The van der Waals surface area contributed by atoms with E-state index in [0.717, 1.165) is 5.56 Å². The summed E-state index contributed by atoms with van der Waals surface area (Å²) in [6, 6.07) is 3.02. The van der Waals surface area contributed by atoms with E-state index in [2.05, 4.69) is 4.98 Å². The molecule has 1 amide bonds. The van der Waals surface area contributed by atoms with E-state index in [1.165, 1.54) is 6.07 Å². The first kappa shape index (κ1) is 14.8. The SMILES string of the molecule is Cc1ccc(F)c(-c2nccn2CCN2CCOC2=O)c1Cl. The van der Waals surface area contributed by atoms with Crippen LogP contribution in [0.4, 0.5) is 9.18 Å². The highest BCUT2D eigenvalue weighted by Crippen LogP contribution is 2.32. The number of rotatable bonds is 4. The molecule has 2 heterocycles. The monoisotopic (exact) mass is 323 g/mol. The summed E-state index contributed by atoms with van der Waals surface area (Å²) in [5.41, 5.74) is 1.08. The van der Waals surface area contributed by atoms with Crippen molar-refractivity contribution in [1.29, 1.82) is 0 Å². The van der Waals surface area contributed by atoms with Crippen molar-refractivity contribution in [2.45, 2.75) is 13.5 Å². The van der Waals surface area contributed by atoms with Gasteiger partial charge in [0.25, 0.3) is 0 Å². The van der Waals surface area contributed by atoms with Crippen molar-refractivity contribution in [2.24, 2.45) is 0 Å². The highest BCUT2D eigenvalue weighted by atomic mass is 35.5. The molecule has 116 valence electrons. The average Bonchev–Trinajstić information content (AvgIpc) is 3.10. The Labute approximate surface area is 132 Å². The summed E-state index contributed by atoms with van der Waals surface area (Å²) in [4.78, 5) is 17.3. The number of imidazole rings is 1. The lowest BCUT2D eigenvalue weighted by atomic mass is 10.1. The minimum Gasteiger partial charge on any atom is -0.448 e. The van der Waals surface area contributed by atoms with Crippen molar-refractivity contribution >= 4 is 17.7 Å². The van der Waals surface area contributed by atoms with Crippen LogP contribution in [0.15, 0.2) is 24.5 Å². The number of nitrogens with zero attached hydrogens (tertiary/aromatic N) is 3. The van der Waals surface area contributed by atoms with E-state index >= 15 is 0 Å². The summed E-state index contributed by atoms with van der Waals surface area (Å²) in [5.74, 6) is 0.0439. The number of halogens is 2. The van der Waals surface area contributed by atoms with Crippen molar-refractivity contribution in [3.63, 3.8) is 0 Å². The van der Waals surface area contributed by atoms with Gasteiger partial charge in [0.1, 0.15) is 18.2 Å². The molecule has 5 nitrogen and oxygen atoms in total. The fraction of sp³-hybridized carbons (Fsp3) is 0.333. The standard InChI is InChI=1S/C15H15ClFN3O2/c1-10-2-3-11(17)12(13(10)16)14-18-4-5-19(14)6-7-20-8-9-22-15(20)21/h2-5H,6-9H2,1H3. The molecule has 3 rings (SSSR count). The Bertz CT molecular complexity index is 717. The van der Waals surface area contributed by atoms with E-state index in [1.54, 1.807) is 27.9 Å². The molecule has 1 aromatic heterocycles. The number of carbonyl (C=O) groups excluding carboxylic acids is 1. The molecule has 1 aliphatic heterocycles. The van der Waals surface area contributed by atoms with Gasteiger partial charge in [0, 0.05) is 25.5 Å². The van der Waals surface area contributed by atoms with E-state index in [-0.39, 0.29) is 11.7 Å². The lowest BCUT2D eigenvalue weighted by Crippen LogP contribution is -2.28. The van der Waals surface area contributed by atoms with Gasteiger partial charge in [-0.3, -0.25) is 0 Å². The molecule has 1 saturated heterocycles. The normalized spacial score (nSPS) is 14.5. The number of hydrogen-bond donors (Lipinski definition) is 0. The maximum Gasteiger partial charge on any atom is 0.410 e. The van der Waals surface area contributed by atoms with Crippen LogP contribution in [0.5, 0.6) is 0 Å². The van der Waals surface area contributed by atoms with Crippen LogP contribution < -0.4 is 0 Å². The smallest absolute Gasteiger partial charge is 0.410 e. The quantitative estimate of drug-likeness (QED) is 0.868. The second-order valence-electron chi connectivity index (χ2n) is 5.10. The fourth-order valence-corrected chi connectivity index (χ4v) is 2.67. The molecule has 1 aromatic carbocycles. The zero-order valence-corrected chi connectivity index (χ0v) is 12.8. The molecular formula is C15H15ClFN3O2. The number of benzene rings is 1. The Morgan fingerprint density at radius 2 is 2.23 bits per heavy atom. The summed E-state index contributed by atoms with van der Waals surface area (Å²) >= 11 is 6.23. The molecule has 1 aliphatic rings. The van der Waals surface area contributed by atoms with E-state index in [4.69, 9.17) is 16.3 Å². The van der Waals surface area contributed by atoms with Gasteiger partial charge in [-0.15, -0.1) is 0 Å². The molecular weight excluding hydrogens is 309 g/mol. The molecule has 0 saturated carbocycles. The molecule has 7 heteroatoms. The highest BCUT2D eigenvalue weighted by molar-refractivity contribution is 6.34. The van der Waals surface area contributed by atoms with Crippen molar-refractivity contribution in [3.05, 3.63) is 40.9 Å². The third kappa shape index (κ3) is 2.66. The summed E-state index contributed by atoms with van der Waals surface area (Å²) in [7, 11) is 0. The average molecular weight is 324 g/mol. The number of aryl methyl sites for hydroxylation is 1. The largest absolute Gasteiger partial charge is 0.448 e. The van der Waals surface area contributed by atoms with Crippen LogP contribution in [0.3, 0.4) is 0 Å². The Morgan fingerprint density at radius 3 is 2.95 bits per heavy atom. The topological polar surface area (TPSA) is 47.4 Å². The first-order chi connectivity index (χ1) is 10.6. The Kier molecular flexibility index (Phi) is 4.02. The molecule has 0 radical (unpaired) electrons. The minimum absolute atomic E-state index is 0.288. The Balaban J connectivity index is 1.86. The van der Waals surface area contributed by atoms with E-state index < -0.39 is 5.82 Å². The minimum atomic E-state index is -0.413. The molecule has 1 fully saturated rings. The van der Waals surface area contributed by atoms with Crippen molar-refractivity contribution in [3.8, 4) is 11.4 Å². The molecule has 2 aromatic rings. The number of carbonyl (C=O) groups is 1. The van der Waals surface area contributed by atoms with Gasteiger partial charge in [-0.25, -0.2) is 14.2 Å². The zero-order chi connectivity index (χ0) is 15.7. The Hall–Kier alpha value is -2.08. The van der Waals surface area contributed by atoms with Crippen LogP contribution in [-0.2, 0) is 11.3 Å². The molecule has 0 atom stereocenters. The second kappa shape index (κ2) is 5.96. The Morgan fingerprint density at radius 1 is 1.41 bits per heavy atom. The molecule has 0 bridgehead atoms. The predicted molar refractivity (Wildman–Crippen MR) is 80.3 cm³/mol.